The third kappa shape index (κ3) is 4.50. The highest BCUT2D eigenvalue weighted by Crippen LogP contribution is 2.30. The second-order valence-corrected chi connectivity index (χ2v) is 6.83. The van der Waals surface area contributed by atoms with Gasteiger partial charge in [-0.05, 0) is 24.3 Å². The largest absolute Gasteiger partial charge is 0.496 e. The second-order valence-electron chi connectivity index (χ2n) is 6.83. The zero-order valence-corrected chi connectivity index (χ0v) is 18.5. The van der Waals surface area contributed by atoms with E-state index in [2.05, 4.69) is 37.0 Å². The van der Waals surface area contributed by atoms with Crippen LogP contribution < -0.4 is 15.4 Å². The average Bonchev–Trinajstić information content (AvgIpc) is 3.55. The van der Waals surface area contributed by atoms with Crippen molar-refractivity contribution < 1.29 is 4.74 Å². The van der Waals surface area contributed by atoms with Gasteiger partial charge in [0.15, 0.2) is 0 Å². The molecule has 3 heterocycles. The van der Waals surface area contributed by atoms with Gasteiger partial charge in [0.2, 0.25) is 0 Å². The van der Waals surface area contributed by atoms with Crippen LogP contribution in [0.1, 0.15) is 11.1 Å². The molecule has 1 aromatic heterocycles. The Kier molecular flexibility index (Phi) is 7.14. The summed E-state index contributed by atoms with van der Waals surface area (Å²) in [6.45, 7) is 3.36. The fraction of sp³-hybridized carbons (Fsp3) is 0.238. The first kappa shape index (κ1) is 22.6. The first-order valence-electron chi connectivity index (χ1n) is 9.60. The molecule has 162 valence electrons. The Morgan fingerprint density at radius 1 is 0.903 bits per heavy atom. The molecular weight excluding hydrogens is 437 g/mol. The number of aromatic nitrogens is 3. The smallest absolute Gasteiger partial charge is 0.129 e. The van der Waals surface area contributed by atoms with Crippen LogP contribution >= 0.6 is 24.8 Å². The highest BCUT2D eigenvalue weighted by atomic mass is 35.5. The molecule has 0 amide bonds. The van der Waals surface area contributed by atoms with Crippen molar-refractivity contribution in [3.63, 3.8) is 0 Å². The fourth-order valence-corrected chi connectivity index (χ4v) is 3.54. The first-order valence-corrected chi connectivity index (χ1v) is 9.60. The summed E-state index contributed by atoms with van der Waals surface area (Å²) in [7, 11) is 1.66. The van der Waals surface area contributed by atoms with Gasteiger partial charge in [-0.1, -0.05) is 23.4 Å². The summed E-state index contributed by atoms with van der Waals surface area (Å²) < 4.78 is 7.39. The quantitative estimate of drug-likeness (QED) is 0.611. The van der Waals surface area contributed by atoms with Crippen LogP contribution in [0.2, 0.25) is 0 Å². The predicted molar refractivity (Wildman–Crippen MR) is 127 cm³/mol. The summed E-state index contributed by atoms with van der Waals surface area (Å²) in [4.78, 5) is 8.96. The summed E-state index contributed by atoms with van der Waals surface area (Å²) in [6.07, 6.45) is 1.91. The number of ether oxygens (including phenoxy) is 1. The molecule has 8 nitrogen and oxygen atoms in total. The van der Waals surface area contributed by atoms with Crippen LogP contribution in [0.25, 0.3) is 16.9 Å². The molecule has 0 atom stereocenters. The Morgan fingerprint density at radius 3 is 2.26 bits per heavy atom. The van der Waals surface area contributed by atoms with Gasteiger partial charge in [-0.15, -0.1) is 29.9 Å². The molecular formula is C21H23Cl2N7O. The Balaban J connectivity index is 0.00000136. The van der Waals surface area contributed by atoms with Gasteiger partial charge < -0.3 is 15.4 Å². The first-order chi connectivity index (χ1) is 14.3. The number of hydrogen-bond donors (Lipinski definition) is 2. The third-order valence-electron chi connectivity index (χ3n) is 4.98. The van der Waals surface area contributed by atoms with E-state index in [9.17, 15) is 0 Å². The van der Waals surface area contributed by atoms with E-state index in [0.717, 1.165) is 71.7 Å². The molecule has 0 spiro atoms. The maximum Gasteiger partial charge on any atom is 0.129 e. The maximum atomic E-state index is 5.62. The second kappa shape index (κ2) is 9.80. The Morgan fingerprint density at radius 2 is 1.61 bits per heavy atom. The van der Waals surface area contributed by atoms with Crippen molar-refractivity contribution in [2.45, 2.75) is 0 Å². The van der Waals surface area contributed by atoms with Gasteiger partial charge in [0.05, 0.1) is 32.1 Å². The molecule has 2 aromatic carbocycles. The predicted octanol–water partition coefficient (Wildman–Crippen LogP) is 2.49. The number of hydrogen-bond acceptors (Lipinski definition) is 7. The lowest BCUT2D eigenvalue weighted by molar-refractivity contribution is 0.416. The van der Waals surface area contributed by atoms with Gasteiger partial charge in [0.25, 0.3) is 0 Å². The Labute approximate surface area is 192 Å². The van der Waals surface area contributed by atoms with Crippen molar-refractivity contribution in [3.8, 4) is 22.7 Å². The minimum atomic E-state index is 0. The number of amidine groups is 2. The lowest BCUT2D eigenvalue weighted by Gasteiger charge is -2.09. The van der Waals surface area contributed by atoms with Crippen LogP contribution in [0.15, 0.2) is 58.6 Å². The van der Waals surface area contributed by atoms with Crippen LogP contribution in [0.4, 0.5) is 0 Å². The van der Waals surface area contributed by atoms with Gasteiger partial charge >= 0.3 is 0 Å². The molecule has 3 aromatic rings. The van der Waals surface area contributed by atoms with Gasteiger partial charge in [0, 0.05) is 29.8 Å². The topological polar surface area (TPSA) is 88.7 Å². The fourth-order valence-electron chi connectivity index (χ4n) is 3.54. The van der Waals surface area contributed by atoms with Crippen LogP contribution in [0, 0.1) is 0 Å². The highest BCUT2D eigenvalue weighted by Gasteiger charge is 2.15. The van der Waals surface area contributed by atoms with Crippen molar-refractivity contribution >= 4 is 36.5 Å². The van der Waals surface area contributed by atoms with Gasteiger partial charge in [-0.25, -0.2) is 4.68 Å². The molecule has 2 aliphatic heterocycles. The molecule has 31 heavy (non-hydrogen) atoms. The summed E-state index contributed by atoms with van der Waals surface area (Å²) >= 11 is 0. The molecule has 2 aliphatic rings. The van der Waals surface area contributed by atoms with Crippen molar-refractivity contribution in [2.24, 2.45) is 9.98 Å². The number of aliphatic imine (C=N–C) groups is 2. The van der Waals surface area contributed by atoms with E-state index < -0.39 is 0 Å². The van der Waals surface area contributed by atoms with E-state index in [1.165, 1.54) is 0 Å². The van der Waals surface area contributed by atoms with Crippen molar-refractivity contribution in [2.75, 3.05) is 33.3 Å². The normalized spacial score (nSPS) is 14.5. The molecule has 0 saturated carbocycles. The van der Waals surface area contributed by atoms with E-state index in [-0.39, 0.29) is 24.8 Å². The van der Waals surface area contributed by atoms with E-state index >= 15 is 0 Å². The number of halogens is 2. The summed E-state index contributed by atoms with van der Waals surface area (Å²) in [6, 6.07) is 14.1. The van der Waals surface area contributed by atoms with E-state index in [0.29, 0.717) is 0 Å². The van der Waals surface area contributed by atoms with Crippen molar-refractivity contribution in [1.29, 1.82) is 0 Å². The Bertz CT molecular complexity index is 1130. The molecule has 0 fully saturated rings. The SMILES string of the molecule is COc1cc(C2=NCCN2)ccc1-c1cn(-c2cccc(C3=NCCN3)c2)nn1.Cl.Cl. The third-order valence-corrected chi connectivity index (χ3v) is 4.98. The monoisotopic (exact) mass is 459 g/mol. The Hall–Kier alpha value is -3.10. The summed E-state index contributed by atoms with van der Waals surface area (Å²) in [5, 5.41) is 15.3. The number of benzene rings is 2. The summed E-state index contributed by atoms with van der Waals surface area (Å²) in [5.41, 5.74) is 4.62. The zero-order chi connectivity index (χ0) is 19.6. The molecule has 0 unspecified atom stereocenters. The zero-order valence-electron chi connectivity index (χ0n) is 16.9. The number of nitrogens with one attached hydrogen (secondary N) is 2. The summed E-state index contributed by atoms with van der Waals surface area (Å²) in [5.74, 6) is 2.57. The van der Waals surface area contributed by atoms with Gasteiger partial charge in [0.1, 0.15) is 23.1 Å². The van der Waals surface area contributed by atoms with E-state index in [1.54, 1.807) is 11.8 Å². The molecule has 0 bridgehead atoms. The van der Waals surface area contributed by atoms with E-state index in [1.807, 2.05) is 42.6 Å². The van der Waals surface area contributed by atoms with Crippen LogP contribution in [-0.4, -0.2) is 60.0 Å². The standard InChI is InChI=1S/C21H21N7O.2ClH/c1-29-19-12-15(21-24-9-10-25-21)5-6-17(19)18-13-28(27-26-18)16-4-2-3-14(11-16)20-22-7-8-23-20;;/h2-6,11-13H,7-10H2,1H3,(H,22,23)(H,24,25);2*1H. The molecule has 0 aliphatic carbocycles. The molecule has 5 rings (SSSR count). The highest BCUT2D eigenvalue weighted by molar-refractivity contribution is 6.01. The minimum Gasteiger partial charge on any atom is -0.496 e. The molecule has 10 heteroatoms. The van der Waals surface area contributed by atoms with Gasteiger partial charge in [-0.2, -0.15) is 0 Å². The average molecular weight is 460 g/mol. The number of nitrogens with zero attached hydrogens (tertiary/aromatic N) is 5. The lowest BCUT2D eigenvalue weighted by atomic mass is 10.1. The molecule has 0 saturated heterocycles. The van der Waals surface area contributed by atoms with Crippen LogP contribution in [-0.2, 0) is 0 Å². The molecule has 2 N–H and O–H groups in total. The van der Waals surface area contributed by atoms with Gasteiger partial charge in [-0.3, -0.25) is 9.98 Å². The van der Waals surface area contributed by atoms with Crippen LogP contribution in [0.5, 0.6) is 5.75 Å². The van der Waals surface area contributed by atoms with Crippen molar-refractivity contribution in [3.05, 3.63) is 59.8 Å². The lowest BCUT2D eigenvalue weighted by Crippen LogP contribution is -2.19. The number of methoxy groups -OCH3 is 1. The number of rotatable bonds is 5. The molecule has 0 radical (unpaired) electrons. The van der Waals surface area contributed by atoms with E-state index in [4.69, 9.17) is 4.74 Å². The minimum absolute atomic E-state index is 0. The van der Waals surface area contributed by atoms with Crippen molar-refractivity contribution in [1.82, 2.24) is 25.6 Å². The van der Waals surface area contributed by atoms with Crippen LogP contribution in [0.3, 0.4) is 0 Å². The maximum absolute atomic E-state index is 5.62.